The van der Waals surface area contributed by atoms with E-state index in [0.717, 1.165) is 31.4 Å². The van der Waals surface area contributed by atoms with E-state index < -0.39 is 0 Å². The minimum absolute atomic E-state index is 0.0648. The summed E-state index contributed by atoms with van der Waals surface area (Å²) in [6.07, 6.45) is 5.25. The monoisotopic (exact) mass is 365 g/mol. The van der Waals surface area contributed by atoms with Gasteiger partial charge in [-0.25, -0.2) is 0 Å². The van der Waals surface area contributed by atoms with Crippen molar-refractivity contribution < 1.29 is 9.32 Å². The number of hydrogen-bond acceptors (Lipinski definition) is 5. The second-order valence-corrected chi connectivity index (χ2v) is 6.75. The molecule has 3 aromatic rings. The number of likely N-dealkylation sites (tertiary alicyclic amines) is 1. The number of benzene rings is 1. The van der Waals surface area contributed by atoms with Gasteiger partial charge in [0.1, 0.15) is 5.69 Å². The highest BCUT2D eigenvalue weighted by Gasteiger charge is 2.31. The largest absolute Gasteiger partial charge is 0.334 e. The van der Waals surface area contributed by atoms with Gasteiger partial charge in [-0.2, -0.15) is 10.1 Å². The fraction of sp³-hybridized carbons (Fsp3) is 0.400. The van der Waals surface area contributed by atoms with Crippen LogP contribution in [0.15, 0.2) is 47.1 Å². The summed E-state index contributed by atoms with van der Waals surface area (Å²) in [6.45, 7) is 3.48. The highest BCUT2D eigenvalue weighted by molar-refractivity contribution is 5.92. The molecule has 7 nitrogen and oxygen atoms in total. The molecule has 2 aromatic heterocycles. The molecule has 0 N–H and O–H groups in total. The van der Waals surface area contributed by atoms with Crippen molar-refractivity contribution in [2.45, 2.75) is 45.2 Å². The first-order valence-electron chi connectivity index (χ1n) is 9.47. The van der Waals surface area contributed by atoms with E-state index in [1.165, 1.54) is 0 Å². The Kier molecular flexibility index (Phi) is 5.00. The summed E-state index contributed by atoms with van der Waals surface area (Å²) < 4.78 is 7.13. The molecular formula is C20H23N5O2. The van der Waals surface area contributed by atoms with Crippen molar-refractivity contribution in [3.05, 3.63) is 54.1 Å². The Morgan fingerprint density at radius 1 is 1.26 bits per heavy atom. The van der Waals surface area contributed by atoms with Gasteiger partial charge < -0.3 is 9.42 Å². The zero-order chi connectivity index (χ0) is 18.6. The molecule has 0 radical (unpaired) electrons. The van der Waals surface area contributed by atoms with E-state index in [1.54, 1.807) is 16.9 Å². The summed E-state index contributed by atoms with van der Waals surface area (Å²) >= 11 is 0. The quantitative estimate of drug-likeness (QED) is 0.670. The minimum atomic E-state index is 0.0648. The van der Waals surface area contributed by atoms with Crippen molar-refractivity contribution in [3.63, 3.8) is 0 Å². The molecule has 1 unspecified atom stereocenters. The zero-order valence-electron chi connectivity index (χ0n) is 15.4. The van der Waals surface area contributed by atoms with Crippen LogP contribution in [0.25, 0.3) is 11.5 Å². The topological polar surface area (TPSA) is 77.0 Å². The van der Waals surface area contributed by atoms with Crippen molar-refractivity contribution in [1.29, 1.82) is 0 Å². The Labute approximate surface area is 158 Å². The Bertz CT molecular complexity index is 902. The fourth-order valence-electron chi connectivity index (χ4n) is 3.67. The lowest BCUT2D eigenvalue weighted by Crippen LogP contribution is -2.37. The summed E-state index contributed by atoms with van der Waals surface area (Å²) in [5.41, 5.74) is 1.58. The molecule has 27 heavy (non-hydrogen) atoms. The molecule has 0 bridgehead atoms. The van der Waals surface area contributed by atoms with Crippen LogP contribution in [0, 0.1) is 0 Å². The number of carbonyl (C=O) groups excluding carboxylic acids is 1. The minimum Gasteiger partial charge on any atom is -0.334 e. The number of nitrogens with zero attached hydrogens (tertiary/aromatic N) is 5. The lowest BCUT2D eigenvalue weighted by molar-refractivity contribution is 0.0717. The van der Waals surface area contributed by atoms with Gasteiger partial charge in [0.15, 0.2) is 5.82 Å². The molecule has 1 fully saturated rings. The van der Waals surface area contributed by atoms with Gasteiger partial charge in [-0.3, -0.25) is 9.48 Å². The SMILES string of the molecule is CCn1nccc1C(=O)N1CCCC1CCc1noc(-c2ccccc2)n1. The second-order valence-electron chi connectivity index (χ2n) is 6.75. The van der Waals surface area contributed by atoms with Crippen LogP contribution in [0.5, 0.6) is 0 Å². The van der Waals surface area contributed by atoms with E-state index in [-0.39, 0.29) is 11.9 Å². The molecule has 1 saturated heterocycles. The smallest absolute Gasteiger partial charge is 0.272 e. The highest BCUT2D eigenvalue weighted by Crippen LogP contribution is 2.24. The number of rotatable bonds is 6. The number of aryl methyl sites for hydroxylation is 2. The van der Waals surface area contributed by atoms with Crippen LogP contribution in [0.4, 0.5) is 0 Å². The van der Waals surface area contributed by atoms with E-state index in [0.29, 0.717) is 30.4 Å². The fourth-order valence-corrected chi connectivity index (χ4v) is 3.67. The molecule has 7 heteroatoms. The maximum atomic E-state index is 12.9. The van der Waals surface area contributed by atoms with Crippen LogP contribution in [0.3, 0.4) is 0 Å². The third kappa shape index (κ3) is 3.63. The lowest BCUT2D eigenvalue weighted by Gasteiger charge is -2.24. The van der Waals surface area contributed by atoms with E-state index in [1.807, 2.05) is 42.2 Å². The lowest BCUT2D eigenvalue weighted by atomic mass is 10.1. The molecule has 1 aromatic carbocycles. The summed E-state index contributed by atoms with van der Waals surface area (Å²) in [4.78, 5) is 19.4. The van der Waals surface area contributed by atoms with Crippen LogP contribution in [-0.2, 0) is 13.0 Å². The first-order valence-corrected chi connectivity index (χ1v) is 9.47. The van der Waals surface area contributed by atoms with Crippen LogP contribution >= 0.6 is 0 Å². The molecule has 1 amide bonds. The molecule has 1 aliphatic heterocycles. The van der Waals surface area contributed by atoms with Crippen LogP contribution < -0.4 is 0 Å². The van der Waals surface area contributed by atoms with E-state index >= 15 is 0 Å². The standard InChI is InChI=1S/C20H23N5O2/c1-2-25-17(12-13-21-25)20(26)24-14-6-9-16(24)10-11-18-22-19(27-23-18)15-7-4-3-5-8-15/h3-5,7-8,12-13,16H,2,6,9-11,14H2,1H3. The number of aromatic nitrogens is 4. The maximum Gasteiger partial charge on any atom is 0.272 e. The average molecular weight is 365 g/mol. The second kappa shape index (κ2) is 7.73. The first kappa shape index (κ1) is 17.5. The molecule has 1 aliphatic rings. The zero-order valence-corrected chi connectivity index (χ0v) is 15.4. The number of carbonyl (C=O) groups is 1. The Morgan fingerprint density at radius 3 is 2.93 bits per heavy atom. The predicted molar refractivity (Wildman–Crippen MR) is 100 cm³/mol. The van der Waals surface area contributed by atoms with Crippen molar-refractivity contribution in [3.8, 4) is 11.5 Å². The predicted octanol–water partition coefficient (Wildman–Crippen LogP) is 3.19. The summed E-state index contributed by atoms with van der Waals surface area (Å²) in [5, 5.41) is 8.31. The van der Waals surface area contributed by atoms with Crippen molar-refractivity contribution in [1.82, 2.24) is 24.8 Å². The highest BCUT2D eigenvalue weighted by atomic mass is 16.5. The van der Waals surface area contributed by atoms with Crippen molar-refractivity contribution >= 4 is 5.91 Å². The summed E-state index contributed by atoms with van der Waals surface area (Å²) in [5.74, 6) is 1.29. The third-order valence-corrected chi connectivity index (χ3v) is 5.06. The van der Waals surface area contributed by atoms with Gasteiger partial charge in [-0.1, -0.05) is 23.4 Å². The van der Waals surface area contributed by atoms with Crippen molar-refractivity contribution in [2.24, 2.45) is 0 Å². The van der Waals surface area contributed by atoms with E-state index in [2.05, 4.69) is 15.2 Å². The van der Waals surface area contributed by atoms with Gasteiger partial charge in [0, 0.05) is 37.3 Å². The maximum absolute atomic E-state index is 12.9. The molecule has 1 atom stereocenters. The molecule has 0 spiro atoms. The van der Waals surface area contributed by atoms with Crippen LogP contribution in [-0.4, -0.2) is 43.3 Å². The van der Waals surface area contributed by atoms with Gasteiger partial charge >= 0.3 is 0 Å². The summed E-state index contributed by atoms with van der Waals surface area (Å²) in [7, 11) is 0. The molecule has 4 rings (SSSR count). The molecular weight excluding hydrogens is 342 g/mol. The molecule has 140 valence electrons. The van der Waals surface area contributed by atoms with Gasteiger partial charge in [0.25, 0.3) is 11.8 Å². The Balaban J connectivity index is 1.41. The third-order valence-electron chi connectivity index (χ3n) is 5.06. The van der Waals surface area contributed by atoms with Gasteiger partial charge in [0.05, 0.1) is 0 Å². The van der Waals surface area contributed by atoms with E-state index in [4.69, 9.17) is 4.52 Å². The van der Waals surface area contributed by atoms with Crippen LogP contribution in [0.1, 0.15) is 42.5 Å². The first-order chi connectivity index (χ1) is 13.3. The van der Waals surface area contributed by atoms with Gasteiger partial charge in [0.2, 0.25) is 0 Å². The van der Waals surface area contributed by atoms with E-state index in [9.17, 15) is 4.79 Å². The van der Waals surface area contributed by atoms with Crippen LogP contribution in [0.2, 0.25) is 0 Å². The Morgan fingerprint density at radius 2 is 2.11 bits per heavy atom. The molecule has 0 saturated carbocycles. The number of hydrogen-bond donors (Lipinski definition) is 0. The molecule has 3 heterocycles. The van der Waals surface area contributed by atoms with Crippen molar-refractivity contribution in [2.75, 3.05) is 6.54 Å². The number of amides is 1. The summed E-state index contributed by atoms with van der Waals surface area (Å²) in [6, 6.07) is 11.8. The normalized spacial score (nSPS) is 16.8. The van der Waals surface area contributed by atoms with Gasteiger partial charge in [-0.15, -0.1) is 0 Å². The average Bonchev–Trinajstić information content (AvgIpc) is 3.46. The van der Waals surface area contributed by atoms with Gasteiger partial charge in [-0.05, 0) is 44.4 Å². The Hall–Kier alpha value is -2.96. The molecule has 0 aliphatic carbocycles.